The van der Waals surface area contributed by atoms with Crippen molar-refractivity contribution in [1.29, 1.82) is 0 Å². The molecule has 0 bridgehead atoms. The molecule has 1 aliphatic rings. The molecule has 0 radical (unpaired) electrons. The van der Waals surface area contributed by atoms with E-state index in [9.17, 15) is 14.4 Å². The quantitative estimate of drug-likeness (QED) is 0.807. The molecule has 1 fully saturated rings. The molecule has 5 nitrogen and oxygen atoms in total. The first-order valence-corrected chi connectivity index (χ1v) is 5.54. The molecule has 1 heterocycles. The van der Waals surface area contributed by atoms with Gasteiger partial charge in [-0.2, -0.15) is 0 Å². The molecule has 0 spiro atoms. The number of anilines is 1. The van der Waals surface area contributed by atoms with Gasteiger partial charge in [0.1, 0.15) is 0 Å². The van der Waals surface area contributed by atoms with Crippen molar-refractivity contribution in [2.75, 3.05) is 4.90 Å². The molecule has 2 amide bonds. The van der Waals surface area contributed by atoms with E-state index in [0.717, 1.165) is 4.90 Å². The van der Waals surface area contributed by atoms with Gasteiger partial charge in [-0.25, -0.2) is 4.79 Å². The maximum atomic E-state index is 12.0. The molecule has 1 aromatic carbocycles. The summed E-state index contributed by atoms with van der Waals surface area (Å²) in [5.74, 6) is -1.55. The van der Waals surface area contributed by atoms with Gasteiger partial charge in [-0.05, 0) is 24.3 Å². The SMILES string of the molecule is CC1(C)CC(=O)N(c2ccc(C(=O)O)cc2)C1=O. The number of nitrogens with zero attached hydrogens (tertiary/aromatic N) is 1. The second-order valence-corrected chi connectivity index (χ2v) is 4.95. The van der Waals surface area contributed by atoms with E-state index >= 15 is 0 Å². The summed E-state index contributed by atoms with van der Waals surface area (Å²) < 4.78 is 0. The predicted molar refractivity (Wildman–Crippen MR) is 64.3 cm³/mol. The Labute approximate surface area is 104 Å². The van der Waals surface area contributed by atoms with Crippen LogP contribution in [0.2, 0.25) is 0 Å². The molecule has 5 heteroatoms. The highest BCUT2D eigenvalue weighted by Gasteiger charge is 2.45. The molecule has 0 saturated carbocycles. The smallest absolute Gasteiger partial charge is 0.335 e. The highest BCUT2D eigenvalue weighted by Crippen LogP contribution is 2.34. The van der Waals surface area contributed by atoms with Crippen LogP contribution in [0.1, 0.15) is 30.6 Å². The van der Waals surface area contributed by atoms with Gasteiger partial charge >= 0.3 is 5.97 Å². The fourth-order valence-corrected chi connectivity index (χ4v) is 1.96. The number of carboxylic acid groups (broad SMARTS) is 1. The van der Waals surface area contributed by atoms with Gasteiger partial charge < -0.3 is 5.11 Å². The molecule has 18 heavy (non-hydrogen) atoms. The van der Waals surface area contributed by atoms with Gasteiger partial charge in [0.05, 0.1) is 16.7 Å². The van der Waals surface area contributed by atoms with Crippen molar-refractivity contribution in [2.24, 2.45) is 5.41 Å². The Balaban J connectivity index is 2.35. The number of benzene rings is 1. The fourth-order valence-electron chi connectivity index (χ4n) is 1.96. The second-order valence-electron chi connectivity index (χ2n) is 4.95. The minimum absolute atomic E-state index is 0.122. The Morgan fingerprint density at radius 1 is 1.22 bits per heavy atom. The first kappa shape index (κ1) is 12.3. The molecular formula is C13H13NO4. The van der Waals surface area contributed by atoms with Gasteiger partial charge in [-0.3, -0.25) is 14.5 Å². The van der Waals surface area contributed by atoms with Crippen LogP contribution in [-0.2, 0) is 9.59 Å². The number of imide groups is 1. The number of carbonyl (C=O) groups is 3. The first-order chi connectivity index (χ1) is 8.33. The van der Waals surface area contributed by atoms with Crippen LogP contribution < -0.4 is 4.90 Å². The van der Waals surface area contributed by atoms with Crippen molar-refractivity contribution in [3.05, 3.63) is 29.8 Å². The van der Waals surface area contributed by atoms with Crippen molar-refractivity contribution in [1.82, 2.24) is 0 Å². The van der Waals surface area contributed by atoms with Crippen LogP contribution in [0.3, 0.4) is 0 Å². The largest absolute Gasteiger partial charge is 0.478 e. The van der Waals surface area contributed by atoms with Crippen LogP contribution in [0, 0.1) is 5.41 Å². The highest BCUT2D eigenvalue weighted by molar-refractivity contribution is 6.22. The maximum Gasteiger partial charge on any atom is 0.335 e. The number of carboxylic acids is 1. The molecule has 1 aromatic rings. The van der Waals surface area contributed by atoms with Gasteiger partial charge in [0.15, 0.2) is 0 Å². The molecule has 1 saturated heterocycles. The fraction of sp³-hybridized carbons (Fsp3) is 0.308. The van der Waals surface area contributed by atoms with Crippen LogP contribution in [0.25, 0.3) is 0 Å². The number of carbonyl (C=O) groups excluding carboxylic acids is 2. The third-order valence-corrected chi connectivity index (χ3v) is 3.00. The lowest BCUT2D eigenvalue weighted by Gasteiger charge is -2.17. The Kier molecular flexibility index (Phi) is 2.69. The minimum Gasteiger partial charge on any atom is -0.478 e. The van der Waals surface area contributed by atoms with Crippen LogP contribution in [0.15, 0.2) is 24.3 Å². The zero-order chi connectivity index (χ0) is 13.5. The third-order valence-electron chi connectivity index (χ3n) is 3.00. The first-order valence-electron chi connectivity index (χ1n) is 5.54. The van der Waals surface area contributed by atoms with Crippen molar-refractivity contribution in [3.8, 4) is 0 Å². The molecule has 0 aliphatic carbocycles. The van der Waals surface area contributed by atoms with E-state index in [1.165, 1.54) is 24.3 Å². The van der Waals surface area contributed by atoms with Gasteiger partial charge in [0.2, 0.25) is 11.8 Å². The topological polar surface area (TPSA) is 74.7 Å². The molecule has 1 aliphatic heterocycles. The summed E-state index contributed by atoms with van der Waals surface area (Å²) in [6.45, 7) is 3.44. The molecule has 0 aromatic heterocycles. The molecule has 94 valence electrons. The summed E-state index contributed by atoms with van der Waals surface area (Å²) in [5.41, 5.74) is -0.152. The predicted octanol–water partition coefficient (Wildman–Crippen LogP) is 1.67. The Morgan fingerprint density at radius 2 is 1.78 bits per heavy atom. The number of amides is 2. The third kappa shape index (κ3) is 1.88. The van der Waals surface area contributed by atoms with Gasteiger partial charge in [0.25, 0.3) is 0 Å². The van der Waals surface area contributed by atoms with Crippen LogP contribution in [-0.4, -0.2) is 22.9 Å². The summed E-state index contributed by atoms with van der Waals surface area (Å²) in [4.78, 5) is 35.7. The van der Waals surface area contributed by atoms with Crippen LogP contribution >= 0.6 is 0 Å². The van der Waals surface area contributed by atoms with E-state index in [2.05, 4.69) is 0 Å². The molecule has 0 unspecified atom stereocenters. The Bertz CT molecular complexity index is 530. The summed E-state index contributed by atoms with van der Waals surface area (Å²) in [7, 11) is 0. The lowest BCUT2D eigenvalue weighted by atomic mass is 9.92. The number of aromatic carboxylic acids is 1. The Hall–Kier alpha value is -2.17. The van der Waals surface area contributed by atoms with Crippen molar-refractivity contribution in [3.63, 3.8) is 0 Å². The number of hydrogen-bond acceptors (Lipinski definition) is 3. The lowest BCUT2D eigenvalue weighted by molar-refractivity contribution is -0.124. The number of rotatable bonds is 2. The summed E-state index contributed by atoms with van der Waals surface area (Å²) >= 11 is 0. The summed E-state index contributed by atoms with van der Waals surface area (Å²) in [6, 6.07) is 5.70. The van der Waals surface area contributed by atoms with E-state index in [1.807, 2.05) is 0 Å². The molecule has 0 atom stereocenters. The average molecular weight is 247 g/mol. The molecular weight excluding hydrogens is 234 g/mol. The monoisotopic (exact) mass is 247 g/mol. The molecule has 1 N–H and O–H groups in total. The second kappa shape index (κ2) is 3.94. The lowest BCUT2D eigenvalue weighted by Crippen LogP contribution is -2.32. The van der Waals surface area contributed by atoms with Crippen molar-refractivity contribution < 1.29 is 19.5 Å². The van der Waals surface area contributed by atoms with Crippen molar-refractivity contribution >= 4 is 23.5 Å². The molecule has 2 rings (SSSR count). The van der Waals surface area contributed by atoms with Gasteiger partial charge in [-0.1, -0.05) is 13.8 Å². The van der Waals surface area contributed by atoms with E-state index in [1.54, 1.807) is 13.8 Å². The van der Waals surface area contributed by atoms with Gasteiger partial charge in [-0.15, -0.1) is 0 Å². The highest BCUT2D eigenvalue weighted by atomic mass is 16.4. The van der Waals surface area contributed by atoms with E-state index in [4.69, 9.17) is 5.11 Å². The van der Waals surface area contributed by atoms with E-state index in [-0.39, 0.29) is 23.8 Å². The van der Waals surface area contributed by atoms with Crippen molar-refractivity contribution in [2.45, 2.75) is 20.3 Å². The summed E-state index contributed by atoms with van der Waals surface area (Å²) in [6.07, 6.45) is 0.173. The average Bonchev–Trinajstić information content (AvgIpc) is 2.48. The minimum atomic E-state index is -1.04. The van der Waals surface area contributed by atoms with Crippen LogP contribution in [0.4, 0.5) is 5.69 Å². The van der Waals surface area contributed by atoms with E-state index in [0.29, 0.717) is 5.69 Å². The van der Waals surface area contributed by atoms with E-state index < -0.39 is 11.4 Å². The Morgan fingerprint density at radius 3 is 2.17 bits per heavy atom. The van der Waals surface area contributed by atoms with Gasteiger partial charge in [0, 0.05) is 6.42 Å². The maximum absolute atomic E-state index is 12.0. The zero-order valence-corrected chi connectivity index (χ0v) is 10.1. The normalized spacial score (nSPS) is 18.2. The zero-order valence-electron chi connectivity index (χ0n) is 10.1. The number of hydrogen-bond donors (Lipinski definition) is 1. The summed E-state index contributed by atoms with van der Waals surface area (Å²) in [5, 5.41) is 8.78. The standard InChI is InChI=1S/C13H13NO4/c1-13(2)7-10(15)14(12(13)18)9-5-3-8(4-6-9)11(16)17/h3-6H,7H2,1-2H3,(H,16,17). The van der Waals surface area contributed by atoms with Crippen LogP contribution in [0.5, 0.6) is 0 Å².